The Balaban J connectivity index is 3.34. The van der Waals surface area contributed by atoms with Gasteiger partial charge in [-0.2, -0.15) is 0 Å². The van der Waals surface area contributed by atoms with Crippen molar-refractivity contribution in [1.29, 1.82) is 0 Å². The summed E-state index contributed by atoms with van der Waals surface area (Å²) >= 11 is 2.96. The number of hydrogen-bond acceptors (Lipinski definition) is 2. The van der Waals surface area contributed by atoms with Crippen LogP contribution in [0.25, 0.3) is 0 Å². The molecule has 17 heavy (non-hydrogen) atoms. The summed E-state index contributed by atoms with van der Waals surface area (Å²) in [4.78, 5) is 12.8. The fraction of sp³-hybridized carbons (Fsp3) is 0.462. The van der Waals surface area contributed by atoms with Gasteiger partial charge in [-0.25, -0.2) is 0 Å². The second-order valence-corrected chi connectivity index (χ2v) is 5.03. The zero-order valence-electron chi connectivity index (χ0n) is 10.9. The molecule has 3 nitrogen and oxygen atoms in total. The molecule has 1 amide bonds. The van der Waals surface area contributed by atoms with Crippen LogP contribution in [0.1, 0.15) is 30.9 Å². The van der Waals surface area contributed by atoms with Gasteiger partial charge in [-0.3, -0.25) is 4.79 Å². The van der Waals surface area contributed by atoms with Crippen molar-refractivity contribution in [2.24, 2.45) is 0 Å². The maximum Gasteiger partial charge on any atom is 0.293 e. The van der Waals surface area contributed by atoms with E-state index >= 15 is 0 Å². The second-order valence-electron chi connectivity index (χ2n) is 4.35. The monoisotopic (exact) mass is 299 g/mol. The molecule has 1 rings (SSSR count). The highest BCUT2D eigenvalue weighted by Crippen LogP contribution is 2.33. The summed E-state index contributed by atoms with van der Waals surface area (Å²) in [6.45, 7) is 6.17. The lowest BCUT2D eigenvalue weighted by atomic mass is 9.99. The first-order valence-corrected chi connectivity index (χ1v) is 6.29. The van der Waals surface area contributed by atoms with Gasteiger partial charge in [0.1, 0.15) is 5.75 Å². The topological polar surface area (TPSA) is 29.5 Å². The highest BCUT2D eigenvalue weighted by molar-refractivity contribution is 9.18. The molecular weight excluding hydrogens is 282 g/mol. The lowest BCUT2D eigenvalue weighted by molar-refractivity contribution is 0.267. The van der Waals surface area contributed by atoms with E-state index in [0.29, 0.717) is 5.92 Å². The molecule has 0 saturated carbocycles. The zero-order chi connectivity index (χ0) is 13.2. The van der Waals surface area contributed by atoms with Crippen LogP contribution in [0.5, 0.6) is 5.75 Å². The molecule has 0 aliphatic rings. The predicted octanol–water partition coefficient (Wildman–Crippen LogP) is 4.08. The molecular formula is C13H18BrNO2. The van der Waals surface area contributed by atoms with E-state index in [9.17, 15) is 4.79 Å². The maximum absolute atomic E-state index is 11.3. The quantitative estimate of drug-likeness (QED) is 0.622. The third kappa shape index (κ3) is 3.00. The number of amides is 1. The highest BCUT2D eigenvalue weighted by Gasteiger charge is 2.15. The SMILES string of the molecule is COc1cc(C)c(N(C)C(=O)Br)cc1C(C)C. The van der Waals surface area contributed by atoms with Crippen LogP contribution in [0, 0.1) is 6.92 Å². The van der Waals surface area contributed by atoms with Crippen LogP contribution in [0.15, 0.2) is 12.1 Å². The van der Waals surface area contributed by atoms with Crippen molar-refractivity contribution in [3.8, 4) is 5.75 Å². The summed E-state index contributed by atoms with van der Waals surface area (Å²) in [5.41, 5.74) is 3.02. The molecule has 0 atom stereocenters. The van der Waals surface area contributed by atoms with Gasteiger partial charge in [-0.05, 0) is 36.1 Å². The molecule has 0 bridgehead atoms. The molecule has 94 valence electrons. The first kappa shape index (κ1) is 14.0. The number of benzene rings is 1. The van der Waals surface area contributed by atoms with Crippen LogP contribution in [0.2, 0.25) is 0 Å². The Hall–Kier alpha value is -1.03. The molecule has 0 unspecified atom stereocenters. The van der Waals surface area contributed by atoms with Crippen molar-refractivity contribution in [2.75, 3.05) is 19.1 Å². The van der Waals surface area contributed by atoms with Gasteiger partial charge in [0.25, 0.3) is 4.82 Å². The van der Waals surface area contributed by atoms with E-state index in [4.69, 9.17) is 4.74 Å². The van der Waals surface area contributed by atoms with Crippen LogP contribution >= 0.6 is 15.9 Å². The Bertz CT molecular complexity index is 430. The molecule has 0 aliphatic carbocycles. The molecule has 0 heterocycles. The fourth-order valence-electron chi connectivity index (χ4n) is 1.77. The molecule has 0 N–H and O–H groups in total. The predicted molar refractivity (Wildman–Crippen MR) is 74.5 cm³/mol. The molecule has 0 aliphatic heterocycles. The van der Waals surface area contributed by atoms with E-state index in [1.54, 1.807) is 19.1 Å². The fourth-order valence-corrected chi connectivity index (χ4v) is 1.96. The summed E-state index contributed by atoms with van der Waals surface area (Å²) in [6, 6.07) is 3.98. The average Bonchev–Trinajstić information content (AvgIpc) is 2.27. The molecule has 0 fully saturated rings. The molecule has 0 aromatic heterocycles. The minimum Gasteiger partial charge on any atom is -0.496 e. The molecule has 0 radical (unpaired) electrons. The molecule has 1 aromatic rings. The van der Waals surface area contributed by atoms with Crippen molar-refractivity contribution in [3.05, 3.63) is 23.3 Å². The number of aryl methyl sites for hydroxylation is 1. The Kier molecular flexibility index (Phi) is 4.57. The summed E-state index contributed by atoms with van der Waals surface area (Å²) in [5.74, 6) is 1.22. The number of carbonyl (C=O) groups excluding carboxylic acids is 1. The molecule has 4 heteroatoms. The van der Waals surface area contributed by atoms with Crippen molar-refractivity contribution >= 4 is 26.4 Å². The number of ether oxygens (including phenoxy) is 1. The average molecular weight is 300 g/mol. The van der Waals surface area contributed by atoms with Gasteiger partial charge in [0.2, 0.25) is 0 Å². The normalized spacial score (nSPS) is 10.5. The van der Waals surface area contributed by atoms with E-state index in [2.05, 4.69) is 29.8 Å². The van der Waals surface area contributed by atoms with Crippen molar-refractivity contribution in [1.82, 2.24) is 0 Å². The largest absolute Gasteiger partial charge is 0.496 e. The van der Waals surface area contributed by atoms with E-state index < -0.39 is 0 Å². The van der Waals surface area contributed by atoms with Crippen LogP contribution in [0.3, 0.4) is 0 Å². The smallest absolute Gasteiger partial charge is 0.293 e. The lowest BCUT2D eigenvalue weighted by Crippen LogP contribution is -2.20. The van der Waals surface area contributed by atoms with Crippen LogP contribution in [0.4, 0.5) is 10.5 Å². The molecule has 0 saturated heterocycles. The number of carbonyl (C=O) groups is 1. The first-order valence-electron chi connectivity index (χ1n) is 5.50. The van der Waals surface area contributed by atoms with Crippen LogP contribution in [-0.2, 0) is 0 Å². The highest BCUT2D eigenvalue weighted by atomic mass is 79.9. The summed E-state index contributed by atoms with van der Waals surface area (Å²) in [7, 11) is 3.41. The first-order chi connectivity index (χ1) is 7.88. The minimum absolute atomic E-state index is 0.152. The summed E-state index contributed by atoms with van der Waals surface area (Å²) < 4.78 is 5.37. The van der Waals surface area contributed by atoms with Gasteiger partial charge in [-0.1, -0.05) is 13.8 Å². The number of nitrogens with zero attached hydrogens (tertiary/aromatic N) is 1. The number of halogens is 1. The van der Waals surface area contributed by atoms with Gasteiger partial charge in [-0.15, -0.1) is 0 Å². The van der Waals surface area contributed by atoms with Crippen molar-refractivity contribution in [3.63, 3.8) is 0 Å². The third-order valence-corrected chi connectivity index (χ3v) is 3.33. The van der Waals surface area contributed by atoms with Crippen molar-refractivity contribution in [2.45, 2.75) is 26.7 Å². The molecule has 0 spiro atoms. The third-order valence-electron chi connectivity index (χ3n) is 2.80. The minimum atomic E-state index is -0.152. The van der Waals surface area contributed by atoms with Crippen molar-refractivity contribution < 1.29 is 9.53 Å². The maximum atomic E-state index is 11.3. The Morgan fingerprint density at radius 2 is 2.00 bits per heavy atom. The van der Waals surface area contributed by atoms with E-state index in [1.807, 2.05) is 19.1 Å². The van der Waals surface area contributed by atoms with Crippen LogP contribution < -0.4 is 9.64 Å². The Morgan fingerprint density at radius 1 is 1.41 bits per heavy atom. The Morgan fingerprint density at radius 3 is 2.41 bits per heavy atom. The van der Waals surface area contributed by atoms with Crippen LogP contribution in [-0.4, -0.2) is 19.0 Å². The molecule has 1 aromatic carbocycles. The number of methoxy groups -OCH3 is 1. The number of hydrogen-bond donors (Lipinski definition) is 0. The summed E-state index contributed by atoms with van der Waals surface area (Å²) in [5, 5.41) is 0. The van der Waals surface area contributed by atoms with Gasteiger partial charge in [0, 0.05) is 28.7 Å². The second kappa shape index (κ2) is 5.54. The van der Waals surface area contributed by atoms with Gasteiger partial charge in [0.05, 0.1) is 7.11 Å². The number of rotatable bonds is 3. The lowest BCUT2D eigenvalue weighted by Gasteiger charge is -2.21. The zero-order valence-corrected chi connectivity index (χ0v) is 12.5. The summed E-state index contributed by atoms with van der Waals surface area (Å²) in [6.07, 6.45) is 0. The van der Waals surface area contributed by atoms with Gasteiger partial charge >= 0.3 is 0 Å². The number of anilines is 1. The van der Waals surface area contributed by atoms with E-state index in [1.165, 1.54) is 0 Å². The Labute approximate surface area is 111 Å². The van der Waals surface area contributed by atoms with Gasteiger partial charge in [0.15, 0.2) is 0 Å². The van der Waals surface area contributed by atoms with E-state index in [-0.39, 0.29) is 4.82 Å². The standard InChI is InChI=1S/C13H18BrNO2/c1-8(2)10-7-11(15(4)13(14)16)9(3)6-12(10)17-5/h6-8H,1-5H3. The van der Waals surface area contributed by atoms with E-state index in [0.717, 1.165) is 22.6 Å². The van der Waals surface area contributed by atoms with Gasteiger partial charge < -0.3 is 9.64 Å².